The molecule has 0 bridgehead atoms. The molecule has 96 valence electrons. The number of amides is 1. The monoisotopic (exact) mass is 246 g/mol. The van der Waals surface area contributed by atoms with E-state index in [-0.39, 0.29) is 11.4 Å². The van der Waals surface area contributed by atoms with E-state index in [9.17, 15) is 4.79 Å². The van der Waals surface area contributed by atoms with Gasteiger partial charge in [0.1, 0.15) is 0 Å². The highest BCUT2D eigenvalue weighted by Crippen LogP contribution is 2.06. The molecule has 1 atom stereocenters. The van der Waals surface area contributed by atoms with Crippen molar-refractivity contribution < 1.29 is 4.79 Å². The van der Waals surface area contributed by atoms with Gasteiger partial charge in [0.2, 0.25) is 5.91 Å². The first-order valence-electron chi connectivity index (χ1n) is 5.94. The minimum absolute atomic E-state index is 0.0860. The molecule has 0 heterocycles. The van der Waals surface area contributed by atoms with Crippen molar-refractivity contribution in [3.05, 3.63) is 0 Å². The first kappa shape index (κ1) is 15.8. The zero-order chi connectivity index (χ0) is 12.6. The third-order valence-corrected chi connectivity index (χ3v) is 3.37. The molecule has 0 rings (SSSR count). The van der Waals surface area contributed by atoms with E-state index in [4.69, 9.17) is 0 Å². The van der Waals surface area contributed by atoms with Crippen molar-refractivity contribution in [3.63, 3.8) is 0 Å². The van der Waals surface area contributed by atoms with Crippen LogP contribution >= 0.6 is 11.8 Å². The van der Waals surface area contributed by atoms with Crippen LogP contribution in [-0.2, 0) is 4.79 Å². The fourth-order valence-electron chi connectivity index (χ4n) is 1.17. The van der Waals surface area contributed by atoms with E-state index < -0.39 is 0 Å². The Kier molecular flexibility index (Phi) is 7.85. The highest BCUT2D eigenvalue weighted by molar-refractivity contribution is 7.98. The standard InChI is InChI=1S/C12H26N2OS/c1-6-12(3,4)14-11(15)9-13-10(2)7-8-16-5/h10,13H,6-9H2,1-5H3,(H,14,15). The van der Waals surface area contributed by atoms with Crippen LogP contribution in [-0.4, -0.2) is 36.0 Å². The highest BCUT2D eigenvalue weighted by Gasteiger charge is 2.17. The fourth-order valence-corrected chi connectivity index (χ4v) is 1.76. The minimum atomic E-state index is -0.0960. The molecule has 3 nitrogen and oxygen atoms in total. The molecule has 16 heavy (non-hydrogen) atoms. The molecule has 0 aliphatic rings. The quantitative estimate of drug-likeness (QED) is 0.688. The second-order valence-electron chi connectivity index (χ2n) is 4.85. The molecule has 0 saturated carbocycles. The van der Waals surface area contributed by atoms with Crippen molar-refractivity contribution in [3.8, 4) is 0 Å². The molecule has 0 aromatic heterocycles. The number of rotatable bonds is 8. The molecule has 4 heteroatoms. The number of hydrogen-bond donors (Lipinski definition) is 2. The van der Waals surface area contributed by atoms with E-state index in [1.807, 2.05) is 25.6 Å². The summed E-state index contributed by atoms with van der Waals surface area (Å²) in [5.74, 6) is 1.22. The molecule has 0 aliphatic carbocycles. The lowest BCUT2D eigenvalue weighted by Gasteiger charge is -2.25. The van der Waals surface area contributed by atoms with Crippen LogP contribution in [0.1, 0.15) is 40.5 Å². The molecule has 0 aromatic carbocycles. The van der Waals surface area contributed by atoms with E-state index in [1.54, 1.807) is 0 Å². The lowest BCUT2D eigenvalue weighted by molar-refractivity contribution is -0.121. The summed E-state index contributed by atoms with van der Waals surface area (Å²) in [4.78, 5) is 11.6. The van der Waals surface area contributed by atoms with Crippen molar-refractivity contribution in [2.45, 2.75) is 52.1 Å². The van der Waals surface area contributed by atoms with E-state index >= 15 is 0 Å². The number of carbonyl (C=O) groups excluding carboxylic acids is 1. The zero-order valence-electron chi connectivity index (χ0n) is 11.2. The van der Waals surface area contributed by atoms with Gasteiger partial charge in [-0.3, -0.25) is 4.79 Å². The van der Waals surface area contributed by atoms with Crippen LogP contribution in [0.2, 0.25) is 0 Å². The first-order chi connectivity index (χ1) is 7.41. The van der Waals surface area contributed by atoms with Gasteiger partial charge in [-0.1, -0.05) is 6.92 Å². The van der Waals surface area contributed by atoms with Gasteiger partial charge in [-0.15, -0.1) is 0 Å². The smallest absolute Gasteiger partial charge is 0.234 e. The van der Waals surface area contributed by atoms with Crippen molar-refractivity contribution in [1.29, 1.82) is 0 Å². The Morgan fingerprint density at radius 3 is 2.56 bits per heavy atom. The summed E-state index contributed by atoms with van der Waals surface area (Å²) in [7, 11) is 0. The predicted molar refractivity (Wildman–Crippen MR) is 73.0 cm³/mol. The molecule has 1 unspecified atom stereocenters. The summed E-state index contributed by atoms with van der Waals surface area (Å²) in [5.41, 5.74) is -0.0960. The maximum atomic E-state index is 11.6. The maximum Gasteiger partial charge on any atom is 0.234 e. The van der Waals surface area contributed by atoms with Crippen LogP contribution in [0.5, 0.6) is 0 Å². The van der Waals surface area contributed by atoms with Gasteiger partial charge >= 0.3 is 0 Å². The minimum Gasteiger partial charge on any atom is -0.350 e. The number of hydrogen-bond acceptors (Lipinski definition) is 3. The van der Waals surface area contributed by atoms with Crippen LogP contribution in [0, 0.1) is 0 Å². The summed E-state index contributed by atoms with van der Waals surface area (Å²) in [6.45, 7) is 8.70. The van der Waals surface area contributed by atoms with Crippen molar-refractivity contribution in [2.75, 3.05) is 18.6 Å². The second kappa shape index (κ2) is 7.96. The topological polar surface area (TPSA) is 41.1 Å². The van der Waals surface area contributed by atoms with Crippen LogP contribution in [0.25, 0.3) is 0 Å². The van der Waals surface area contributed by atoms with E-state index in [0.717, 1.165) is 18.6 Å². The molecule has 0 saturated heterocycles. The van der Waals surface area contributed by atoms with Crippen LogP contribution in [0.4, 0.5) is 0 Å². The Labute approximate surface area is 104 Å². The van der Waals surface area contributed by atoms with Gasteiger partial charge in [0.15, 0.2) is 0 Å². The van der Waals surface area contributed by atoms with Gasteiger partial charge in [-0.25, -0.2) is 0 Å². The van der Waals surface area contributed by atoms with Gasteiger partial charge in [-0.05, 0) is 45.6 Å². The average Bonchev–Trinajstić information content (AvgIpc) is 2.23. The van der Waals surface area contributed by atoms with E-state index in [1.165, 1.54) is 0 Å². The maximum absolute atomic E-state index is 11.6. The van der Waals surface area contributed by atoms with Crippen molar-refractivity contribution >= 4 is 17.7 Å². The first-order valence-corrected chi connectivity index (χ1v) is 7.34. The van der Waals surface area contributed by atoms with Gasteiger partial charge in [0.05, 0.1) is 6.54 Å². The fraction of sp³-hybridized carbons (Fsp3) is 0.917. The van der Waals surface area contributed by atoms with Gasteiger partial charge in [0.25, 0.3) is 0 Å². The van der Waals surface area contributed by atoms with Crippen LogP contribution < -0.4 is 10.6 Å². The summed E-state index contributed by atoms with van der Waals surface area (Å²) >= 11 is 1.84. The normalized spacial score (nSPS) is 13.6. The summed E-state index contributed by atoms with van der Waals surface area (Å²) in [6, 6.07) is 0.405. The summed E-state index contributed by atoms with van der Waals surface area (Å²) < 4.78 is 0. The Morgan fingerprint density at radius 2 is 2.06 bits per heavy atom. The Balaban J connectivity index is 3.73. The number of nitrogens with one attached hydrogen (secondary N) is 2. The molecular weight excluding hydrogens is 220 g/mol. The Bertz CT molecular complexity index is 207. The molecule has 1 amide bonds. The second-order valence-corrected chi connectivity index (χ2v) is 5.83. The molecule has 0 spiro atoms. The number of carbonyl (C=O) groups is 1. The highest BCUT2D eigenvalue weighted by atomic mass is 32.2. The van der Waals surface area contributed by atoms with E-state index in [2.05, 4.69) is 30.7 Å². The van der Waals surface area contributed by atoms with Gasteiger partial charge in [0, 0.05) is 11.6 Å². The lowest BCUT2D eigenvalue weighted by atomic mass is 10.0. The average molecular weight is 246 g/mol. The summed E-state index contributed by atoms with van der Waals surface area (Å²) in [5, 5.41) is 6.25. The van der Waals surface area contributed by atoms with Crippen molar-refractivity contribution in [1.82, 2.24) is 10.6 Å². The van der Waals surface area contributed by atoms with Crippen molar-refractivity contribution in [2.24, 2.45) is 0 Å². The van der Waals surface area contributed by atoms with Crippen LogP contribution in [0.15, 0.2) is 0 Å². The lowest BCUT2D eigenvalue weighted by Crippen LogP contribution is -2.47. The van der Waals surface area contributed by atoms with Gasteiger partial charge in [-0.2, -0.15) is 11.8 Å². The molecule has 0 radical (unpaired) electrons. The Morgan fingerprint density at radius 1 is 1.44 bits per heavy atom. The summed E-state index contributed by atoms with van der Waals surface area (Å²) in [6.07, 6.45) is 4.15. The molecule has 0 aliphatic heterocycles. The number of thioether (sulfide) groups is 1. The third kappa shape index (κ3) is 7.99. The molecule has 0 fully saturated rings. The molecular formula is C12H26N2OS. The largest absolute Gasteiger partial charge is 0.350 e. The molecule has 0 aromatic rings. The van der Waals surface area contributed by atoms with Gasteiger partial charge < -0.3 is 10.6 Å². The van der Waals surface area contributed by atoms with Crippen LogP contribution in [0.3, 0.4) is 0 Å². The predicted octanol–water partition coefficient (Wildman–Crippen LogP) is 2.02. The zero-order valence-corrected chi connectivity index (χ0v) is 12.0. The van der Waals surface area contributed by atoms with E-state index in [0.29, 0.717) is 12.6 Å². The third-order valence-electron chi connectivity index (χ3n) is 2.73. The molecule has 2 N–H and O–H groups in total. The SMILES string of the molecule is CCC(C)(C)NC(=O)CNC(C)CCSC. The Hall–Kier alpha value is -0.220.